The summed E-state index contributed by atoms with van der Waals surface area (Å²) in [5, 5.41) is 6.95. The van der Waals surface area contributed by atoms with Gasteiger partial charge >= 0.3 is 5.69 Å². The van der Waals surface area contributed by atoms with Gasteiger partial charge in [-0.3, -0.25) is 9.36 Å². The van der Waals surface area contributed by atoms with Gasteiger partial charge in [0.25, 0.3) is 0 Å². The van der Waals surface area contributed by atoms with Gasteiger partial charge in [0.05, 0.1) is 19.6 Å². The van der Waals surface area contributed by atoms with Crippen LogP contribution in [0, 0.1) is 0 Å². The van der Waals surface area contributed by atoms with Crippen molar-refractivity contribution in [1.82, 2.24) is 19.7 Å². The summed E-state index contributed by atoms with van der Waals surface area (Å²) in [6.07, 6.45) is 2.37. The number of carbonyl (C=O) groups is 1. The number of methoxy groups -OCH3 is 1. The average Bonchev–Trinajstić information content (AvgIpc) is 3.20. The second-order valence-electron chi connectivity index (χ2n) is 8.29. The van der Waals surface area contributed by atoms with Crippen molar-refractivity contribution < 1.29 is 9.53 Å². The van der Waals surface area contributed by atoms with Crippen LogP contribution in [-0.2, 0) is 11.3 Å². The molecule has 1 aliphatic rings. The zero-order chi connectivity index (χ0) is 22.5. The number of nitrogens with zero attached hydrogens (tertiary/aromatic N) is 3. The van der Waals surface area contributed by atoms with E-state index in [0.29, 0.717) is 19.6 Å². The number of aromatic amines is 1. The third kappa shape index (κ3) is 4.61. The molecule has 1 aromatic heterocycles. The second-order valence-corrected chi connectivity index (χ2v) is 8.29. The molecule has 0 spiro atoms. The predicted molar refractivity (Wildman–Crippen MR) is 123 cm³/mol. The van der Waals surface area contributed by atoms with Gasteiger partial charge in [0.1, 0.15) is 11.6 Å². The van der Waals surface area contributed by atoms with E-state index in [1.54, 1.807) is 11.7 Å². The van der Waals surface area contributed by atoms with Gasteiger partial charge in [-0.05, 0) is 42.5 Å². The molecule has 7 heteroatoms. The number of piperidine rings is 1. The Hall–Kier alpha value is -3.35. The molecule has 4 rings (SSSR count). The van der Waals surface area contributed by atoms with Crippen LogP contribution >= 0.6 is 0 Å². The van der Waals surface area contributed by atoms with E-state index in [9.17, 15) is 9.59 Å². The van der Waals surface area contributed by atoms with Crippen molar-refractivity contribution in [2.45, 2.75) is 44.6 Å². The van der Waals surface area contributed by atoms with Gasteiger partial charge < -0.3 is 9.64 Å². The highest BCUT2D eigenvalue weighted by atomic mass is 16.5. The fourth-order valence-corrected chi connectivity index (χ4v) is 4.52. The fraction of sp³-hybridized carbons (Fsp3) is 0.400. The first-order valence-corrected chi connectivity index (χ1v) is 11.2. The maximum Gasteiger partial charge on any atom is 0.343 e. The SMILES string of the molecule is CC[C@H](C(=O)N1CCC(c2n[nH]c(=O)n2Cc2ccc(OC)cc2)CC1)c1ccccc1. The number of aromatic nitrogens is 3. The normalized spacial score (nSPS) is 15.5. The average molecular weight is 435 g/mol. The third-order valence-corrected chi connectivity index (χ3v) is 6.37. The molecule has 3 aromatic rings. The summed E-state index contributed by atoms with van der Waals surface area (Å²) < 4.78 is 6.92. The standard InChI is InChI=1S/C25H30N4O3/c1-3-22(19-7-5-4-6-8-19)24(30)28-15-13-20(14-16-28)23-26-27-25(31)29(23)17-18-9-11-21(32-2)12-10-18/h4-12,20,22H,3,13-17H2,1-2H3,(H,27,31)/t22-/m0/s1. The number of amides is 1. The molecule has 32 heavy (non-hydrogen) atoms. The molecule has 1 saturated heterocycles. The highest BCUT2D eigenvalue weighted by molar-refractivity contribution is 5.83. The fourth-order valence-electron chi connectivity index (χ4n) is 4.52. The van der Waals surface area contributed by atoms with Gasteiger partial charge in [0.2, 0.25) is 5.91 Å². The van der Waals surface area contributed by atoms with E-state index in [4.69, 9.17) is 4.74 Å². The van der Waals surface area contributed by atoms with Crippen molar-refractivity contribution in [3.63, 3.8) is 0 Å². The Morgan fingerprint density at radius 3 is 2.44 bits per heavy atom. The lowest BCUT2D eigenvalue weighted by Gasteiger charge is -2.34. The Kier molecular flexibility index (Phi) is 6.73. The van der Waals surface area contributed by atoms with Crippen LogP contribution in [0.1, 0.15) is 55.0 Å². The van der Waals surface area contributed by atoms with Crippen LogP contribution in [0.5, 0.6) is 5.75 Å². The number of benzene rings is 2. The minimum absolute atomic E-state index is 0.105. The molecule has 0 unspecified atom stereocenters. The molecular weight excluding hydrogens is 404 g/mol. The van der Waals surface area contributed by atoms with E-state index >= 15 is 0 Å². The molecule has 0 radical (unpaired) electrons. The number of H-pyrrole nitrogens is 1. The molecule has 7 nitrogen and oxygen atoms in total. The predicted octanol–water partition coefficient (Wildman–Crippen LogP) is 3.53. The number of nitrogens with one attached hydrogen (secondary N) is 1. The first-order valence-electron chi connectivity index (χ1n) is 11.2. The van der Waals surface area contributed by atoms with Gasteiger partial charge in [-0.2, -0.15) is 5.10 Å². The summed E-state index contributed by atoms with van der Waals surface area (Å²) in [5.41, 5.74) is 1.88. The molecule has 168 valence electrons. The van der Waals surface area contributed by atoms with Gasteiger partial charge in [-0.25, -0.2) is 9.89 Å². The Morgan fingerprint density at radius 1 is 1.12 bits per heavy atom. The first kappa shape index (κ1) is 21.9. The summed E-state index contributed by atoms with van der Waals surface area (Å²) in [6, 6.07) is 17.7. The molecule has 2 heterocycles. The molecule has 1 aliphatic heterocycles. The van der Waals surface area contributed by atoms with Gasteiger partial charge in [-0.1, -0.05) is 49.4 Å². The summed E-state index contributed by atoms with van der Waals surface area (Å²) in [4.78, 5) is 27.6. The molecule has 1 N–H and O–H groups in total. The monoisotopic (exact) mass is 434 g/mol. The lowest BCUT2D eigenvalue weighted by molar-refractivity contribution is -0.134. The lowest BCUT2D eigenvalue weighted by atomic mass is 9.91. The summed E-state index contributed by atoms with van der Waals surface area (Å²) in [6.45, 7) is 3.87. The zero-order valence-corrected chi connectivity index (χ0v) is 18.7. The molecule has 1 amide bonds. The largest absolute Gasteiger partial charge is 0.497 e. The number of hydrogen-bond donors (Lipinski definition) is 1. The number of ether oxygens (including phenoxy) is 1. The highest BCUT2D eigenvalue weighted by Gasteiger charge is 2.30. The highest BCUT2D eigenvalue weighted by Crippen LogP contribution is 2.29. The molecule has 1 fully saturated rings. The van der Waals surface area contributed by atoms with Crippen molar-refractivity contribution in [2.75, 3.05) is 20.2 Å². The third-order valence-electron chi connectivity index (χ3n) is 6.37. The number of hydrogen-bond acceptors (Lipinski definition) is 4. The Labute approximate surface area is 188 Å². The summed E-state index contributed by atoms with van der Waals surface area (Å²) in [7, 11) is 1.63. The van der Waals surface area contributed by atoms with Crippen LogP contribution < -0.4 is 10.4 Å². The van der Waals surface area contributed by atoms with Crippen molar-refractivity contribution in [3.05, 3.63) is 82.0 Å². The van der Waals surface area contributed by atoms with Crippen molar-refractivity contribution in [1.29, 1.82) is 0 Å². The van der Waals surface area contributed by atoms with Crippen LogP contribution in [0.2, 0.25) is 0 Å². The number of rotatable bonds is 7. The topological polar surface area (TPSA) is 80.2 Å². The summed E-state index contributed by atoms with van der Waals surface area (Å²) >= 11 is 0. The molecule has 2 aromatic carbocycles. The Balaban J connectivity index is 1.43. The van der Waals surface area contributed by atoms with E-state index in [1.165, 1.54) is 0 Å². The van der Waals surface area contributed by atoms with E-state index in [1.807, 2.05) is 59.5 Å². The minimum Gasteiger partial charge on any atom is -0.497 e. The first-order chi connectivity index (χ1) is 15.6. The maximum absolute atomic E-state index is 13.2. The second kappa shape index (κ2) is 9.85. The van der Waals surface area contributed by atoms with Gasteiger partial charge in [0.15, 0.2) is 0 Å². The van der Waals surface area contributed by atoms with Crippen LogP contribution in [0.4, 0.5) is 0 Å². The zero-order valence-electron chi connectivity index (χ0n) is 18.7. The van der Waals surface area contributed by atoms with E-state index in [-0.39, 0.29) is 23.4 Å². The molecule has 0 saturated carbocycles. The lowest BCUT2D eigenvalue weighted by Crippen LogP contribution is -2.41. The molecule has 0 bridgehead atoms. The van der Waals surface area contributed by atoms with E-state index in [0.717, 1.165) is 42.0 Å². The van der Waals surface area contributed by atoms with Gasteiger partial charge in [-0.15, -0.1) is 0 Å². The van der Waals surface area contributed by atoms with Crippen molar-refractivity contribution in [2.24, 2.45) is 0 Å². The van der Waals surface area contributed by atoms with E-state index in [2.05, 4.69) is 17.1 Å². The van der Waals surface area contributed by atoms with Crippen LogP contribution in [0.3, 0.4) is 0 Å². The van der Waals surface area contributed by atoms with Crippen molar-refractivity contribution >= 4 is 5.91 Å². The van der Waals surface area contributed by atoms with E-state index < -0.39 is 0 Å². The summed E-state index contributed by atoms with van der Waals surface area (Å²) in [5.74, 6) is 1.79. The van der Waals surface area contributed by atoms with Gasteiger partial charge in [0, 0.05) is 19.0 Å². The van der Waals surface area contributed by atoms with Crippen LogP contribution in [0.25, 0.3) is 0 Å². The molecular formula is C25H30N4O3. The number of likely N-dealkylation sites (tertiary alicyclic amines) is 1. The van der Waals surface area contributed by atoms with Crippen molar-refractivity contribution in [3.8, 4) is 5.75 Å². The smallest absolute Gasteiger partial charge is 0.343 e. The Morgan fingerprint density at radius 2 is 1.81 bits per heavy atom. The van der Waals surface area contributed by atoms with Crippen LogP contribution in [0.15, 0.2) is 59.4 Å². The van der Waals surface area contributed by atoms with Crippen LogP contribution in [-0.4, -0.2) is 45.8 Å². The molecule has 0 aliphatic carbocycles. The quantitative estimate of drug-likeness (QED) is 0.617. The number of carbonyl (C=O) groups excluding carboxylic acids is 1. The minimum atomic E-state index is -0.204. The Bertz CT molecular complexity index is 1080. The maximum atomic E-state index is 13.2. The molecule has 1 atom stereocenters.